The second-order valence-electron chi connectivity index (χ2n) is 9.87. The summed E-state index contributed by atoms with van der Waals surface area (Å²) < 4.78 is 0. The highest BCUT2D eigenvalue weighted by Crippen LogP contribution is 2.38. The van der Waals surface area contributed by atoms with Gasteiger partial charge in [0.2, 0.25) is 0 Å². The van der Waals surface area contributed by atoms with Crippen molar-refractivity contribution < 1.29 is 0 Å². The lowest BCUT2D eigenvalue weighted by molar-refractivity contribution is 0.243. The molecule has 0 saturated heterocycles. The van der Waals surface area contributed by atoms with Crippen molar-refractivity contribution in [1.82, 2.24) is 0 Å². The minimum absolute atomic E-state index is 0.164. The molecule has 4 N–H and O–H groups in total. The van der Waals surface area contributed by atoms with E-state index in [1.165, 1.54) is 68.1 Å². The Kier molecular flexibility index (Phi) is 9.87. The van der Waals surface area contributed by atoms with Gasteiger partial charge in [-0.05, 0) is 72.1 Å². The molecule has 0 bridgehead atoms. The molecule has 3 aromatic rings. The van der Waals surface area contributed by atoms with Crippen molar-refractivity contribution in [2.45, 2.75) is 77.6 Å². The molecule has 0 saturated carbocycles. The number of nitrogens with two attached hydrogens (primary N) is 2. The van der Waals surface area contributed by atoms with Gasteiger partial charge in [0.05, 0.1) is 0 Å². The Bertz CT molecular complexity index is 866. The van der Waals surface area contributed by atoms with Crippen molar-refractivity contribution in [3.63, 3.8) is 0 Å². The molecule has 0 fully saturated rings. The van der Waals surface area contributed by atoms with Crippen molar-refractivity contribution in [2.24, 2.45) is 5.41 Å². The smallest absolute Gasteiger partial charge is 0.0314 e. The first-order chi connectivity index (χ1) is 16.1. The third-order valence-corrected chi connectivity index (χ3v) is 6.85. The first kappa shape index (κ1) is 24.9. The predicted octanol–water partition coefficient (Wildman–Crippen LogP) is 8.01. The Labute approximate surface area is 201 Å². The van der Waals surface area contributed by atoms with Crippen LogP contribution in [0.3, 0.4) is 0 Å². The van der Waals surface area contributed by atoms with Gasteiger partial charge in [-0.2, -0.15) is 0 Å². The monoisotopic (exact) mass is 442 g/mol. The van der Waals surface area contributed by atoms with Gasteiger partial charge >= 0.3 is 0 Å². The zero-order chi connectivity index (χ0) is 23.4. The van der Waals surface area contributed by atoms with E-state index < -0.39 is 0 Å². The van der Waals surface area contributed by atoms with E-state index in [1.807, 2.05) is 24.3 Å². The molecule has 2 heteroatoms. The van der Waals surface area contributed by atoms with Crippen LogP contribution in [0.4, 0.5) is 11.4 Å². The second-order valence-corrected chi connectivity index (χ2v) is 9.87. The van der Waals surface area contributed by atoms with E-state index in [-0.39, 0.29) is 5.41 Å². The summed E-state index contributed by atoms with van der Waals surface area (Å²) in [6.07, 6.45) is 13.8. The molecule has 3 aromatic carbocycles. The first-order valence-electron chi connectivity index (χ1n) is 12.8. The van der Waals surface area contributed by atoms with Crippen LogP contribution in [0.1, 0.15) is 75.0 Å². The number of unbranched alkanes of at least 4 members (excludes halogenated alkanes) is 6. The quantitative estimate of drug-likeness (QED) is 0.196. The lowest BCUT2D eigenvalue weighted by atomic mass is 9.69. The van der Waals surface area contributed by atoms with Crippen molar-refractivity contribution in [2.75, 3.05) is 11.5 Å². The third-order valence-electron chi connectivity index (χ3n) is 6.85. The second kappa shape index (κ2) is 13.1. The average Bonchev–Trinajstić information content (AvgIpc) is 2.82. The molecule has 0 radical (unpaired) electrons. The van der Waals surface area contributed by atoms with Gasteiger partial charge in [-0.1, -0.05) is 106 Å². The van der Waals surface area contributed by atoms with Crippen molar-refractivity contribution in [3.05, 3.63) is 95.6 Å². The summed E-state index contributed by atoms with van der Waals surface area (Å²) in [4.78, 5) is 0. The summed E-state index contributed by atoms with van der Waals surface area (Å²) in [7, 11) is 0. The molecule has 0 aliphatic rings. The van der Waals surface area contributed by atoms with Gasteiger partial charge in [-0.25, -0.2) is 0 Å². The minimum Gasteiger partial charge on any atom is -0.399 e. The fourth-order valence-electron chi connectivity index (χ4n) is 5.08. The molecule has 3 rings (SSSR count). The SMILES string of the molecule is CCCCCCCCCC(Cc1ccccc1)(Cc1ccc(N)cc1)Cc1ccc(N)cc1. The predicted molar refractivity (Wildman–Crippen MR) is 144 cm³/mol. The molecule has 0 aliphatic heterocycles. The van der Waals surface area contributed by atoms with Crippen LogP contribution in [0, 0.1) is 5.41 Å². The van der Waals surface area contributed by atoms with Crippen LogP contribution in [0.15, 0.2) is 78.9 Å². The highest BCUT2D eigenvalue weighted by Gasteiger charge is 2.31. The molecule has 2 nitrogen and oxygen atoms in total. The Morgan fingerprint density at radius 3 is 1.42 bits per heavy atom. The van der Waals surface area contributed by atoms with Crippen LogP contribution in [0.25, 0.3) is 0 Å². The highest BCUT2D eigenvalue weighted by molar-refractivity contribution is 5.41. The van der Waals surface area contributed by atoms with Gasteiger partial charge in [-0.15, -0.1) is 0 Å². The summed E-state index contributed by atoms with van der Waals surface area (Å²) in [6.45, 7) is 2.28. The van der Waals surface area contributed by atoms with Gasteiger partial charge in [0, 0.05) is 11.4 Å². The summed E-state index contributed by atoms with van der Waals surface area (Å²) in [5, 5.41) is 0. The Balaban J connectivity index is 1.82. The standard InChI is InChI=1S/C31H42N2/c1-2-3-4-5-6-7-11-22-31(23-26-12-9-8-10-13-26,24-27-14-18-29(32)19-15-27)25-28-16-20-30(33)21-17-28/h8-10,12-21H,2-7,11,22-25,32-33H2,1H3. The molecule has 33 heavy (non-hydrogen) atoms. The molecule has 0 heterocycles. The minimum atomic E-state index is 0.164. The van der Waals surface area contributed by atoms with Crippen molar-refractivity contribution >= 4 is 11.4 Å². The topological polar surface area (TPSA) is 52.0 Å². The molecule has 176 valence electrons. The number of nitrogen functional groups attached to an aromatic ring is 2. The van der Waals surface area contributed by atoms with Gasteiger partial charge in [-0.3, -0.25) is 0 Å². The van der Waals surface area contributed by atoms with Crippen LogP contribution in [0.5, 0.6) is 0 Å². The van der Waals surface area contributed by atoms with E-state index in [1.54, 1.807) is 0 Å². The average molecular weight is 443 g/mol. The molecule has 0 unspecified atom stereocenters. The number of hydrogen-bond donors (Lipinski definition) is 2. The lowest BCUT2D eigenvalue weighted by Gasteiger charge is -2.35. The largest absolute Gasteiger partial charge is 0.399 e. The summed E-state index contributed by atoms with van der Waals surface area (Å²) in [5.41, 5.74) is 18.0. The number of benzene rings is 3. The molecule has 0 spiro atoms. The maximum absolute atomic E-state index is 5.99. The number of anilines is 2. The van der Waals surface area contributed by atoms with Gasteiger partial charge in [0.1, 0.15) is 0 Å². The van der Waals surface area contributed by atoms with E-state index >= 15 is 0 Å². The van der Waals surface area contributed by atoms with Crippen LogP contribution < -0.4 is 11.5 Å². The van der Waals surface area contributed by atoms with E-state index in [0.29, 0.717) is 0 Å². The van der Waals surface area contributed by atoms with E-state index in [4.69, 9.17) is 11.5 Å². The Morgan fingerprint density at radius 1 is 0.515 bits per heavy atom. The molecular formula is C31H42N2. The highest BCUT2D eigenvalue weighted by atomic mass is 14.5. The van der Waals surface area contributed by atoms with Gasteiger partial charge in [0.15, 0.2) is 0 Å². The first-order valence-corrected chi connectivity index (χ1v) is 12.8. The molecule has 0 aromatic heterocycles. The molecule has 0 amide bonds. The zero-order valence-corrected chi connectivity index (χ0v) is 20.4. The summed E-state index contributed by atoms with van der Waals surface area (Å²) in [5.74, 6) is 0. The Hall–Kier alpha value is -2.74. The van der Waals surface area contributed by atoms with Crippen molar-refractivity contribution in [3.8, 4) is 0 Å². The summed E-state index contributed by atoms with van der Waals surface area (Å²) >= 11 is 0. The fraction of sp³-hybridized carbons (Fsp3) is 0.419. The number of hydrogen-bond acceptors (Lipinski definition) is 2. The molecule has 0 atom stereocenters. The van der Waals surface area contributed by atoms with Crippen LogP contribution in [-0.2, 0) is 19.3 Å². The van der Waals surface area contributed by atoms with Crippen LogP contribution >= 0.6 is 0 Å². The number of rotatable bonds is 14. The molecule has 0 aliphatic carbocycles. The zero-order valence-electron chi connectivity index (χ0n) is 20.4. The van der Waals surface area contributed by atoms with Crippen molar-refractivity contribution in [1.29, 1.82) is 0 Å². The van der Waals surface area contributed by atoms with E-state index in [9.17, 15) is 0 Å². The fourth-order valence-corrected chi connectivity index (χ4v) is 5.08. The van der Waals surface area contributed by atoms with E-state index in [0.717, 1.165) is 30.6 Å². The van der Waals surface area contributed by atoms with Crippen LogP contribution in [0.2, 0.25) is 0 Å². The van der Waals surface area contributed by atoms with E-state index in [2.05, 4.69) is 61.5 Å². The molecular weight excluding hydrogens is 400 g/mol. The van der Waals surface area contributed by atoms with Gasteiger partial charge < -0.3 is 11.5 Å². The lowest BCUT2D eigenvalue weighted by Crippen LogP contribution is -2.30. The normalized spacial score (nSPS) is 11.5. The van der Waals surface area contributed by atoms with Gasteiger partial charge in [0.25, 0.3) is 0 Å². The Morgan fingerprint density at radius 2 is 0.939 bits per heavy atom. The van der Waals surface area contributed by atoms with Crippen LogP contribution in [-0.4, -0.2) is 0 Å². The summed E-state index contributed by atoms with van der Waals surface area (Å²) in [6, 6.07) is 28.0. The maximum Gasteiger partial charge on any atom is 0.0314 e. The maximum atomic E-state index is 5.99. The third kappa shape index (κ3) is 8.61.